The minimum Gasteiger partial charge on any atom is -0.346 e. The number of aromatic nitrogens is 5. The summed E-state index contributed by atoms with van der Waals surface area (Å²) in [6.07, 6.45) is 9.00. The molecule has 33 heavy (non-hydrogen) atoms. The van der Waals surface area contributed by atoms with E-state index in [9.17, 15) is 8.42 Å². The first-order valence-electron chi connectivity index (χ1n) is 11.0. The summed E-state index contributed by atoms with van der Waals surface area (Å²) in [5, 5.41) is 5.29. The van der Waals surface area contributed by atoms with Gasteiger partial charge in [0, 0.05) is 46.6 Å². The highest BCUT2D eigenvalue weighted by molar-refractivity contribution is 7.91. The van der Waals surface area contributed by atoms with E-state index in [-0.39, 0.29) is 11.2 Å². The molecule has 166 valence electrons. The molecule has 1 aliphatic carbocycles. The first-order valence-corrected chi connectivity index (χ1v) is 13.0. The molecule has 5 aromatic rings. The smallest absolute Gasteiger partial charge is 0.165 e. The van der Waals surface area contributed by atoms with Gasteiger partial charge in [0.05, 0.1) is 22.8 Å². The van der Waals surface area contributed by atoms with Crippen molar-refractivity contribution in [1.82, 2.24) is 24.6 Å². The Morgan fingerprint density at radius 1 is 1.00 bits per heavy atom. The van der Waals surface area contributed by atoms with Crippen molar-refractivity contribution in [2.75, 3.05) is 6.26 Å². The van der Waals surface area contributed by atoms with Gasteiger partial charge in [-0.25, -0.2) is 13.4 Å². The minimum atomic E-state index is -3.05. The summed E-state index contributed by atoms with van der Waals surface area (Å²) in [6, 6.07) is 16.1. The topological polar surface area (TPSA) is 93.0 Å². The molecule has 1 saturated carbocycles. The first-order chi connectivity index (χ1) is 16.0. The van der Waals surface area contributed by atoms with Crippen LogP contribution in [0.15, 0.2) is 67.1 Å². The van der Waals surface area contributed by atoms with Crippen LogP contribution in [0.2, 0.25) is 0 Å². The molecule has 6 rings (SSSR count). The van der Waals surface area contributed by atoms with Gasteiger partial charge in [-0.1, -0.05) is 36.4 Å². The van der Waals surface area contributed by atoms with E-state index in [2.05, 4.69) is 15.1 Å². The summed E-state index contributed by atoms with van der Waals surface area (Å²) < 4.78 is 26.1. The van der Waals surface area contributed by atoms with E-state index in [1.807, 2.05) is 71.6 Å². The van der Waals surface area contributed by atoms with Crippen molar-refractivity contribution in [2.24, 2.45) is 0 Å². The van der Waals surface area contributed by atoms with E-state index in [1.165, 1.54) is 6.26 Å². The largest absolute Gasteiger partial charge is 0.346 e. The highest BCUT2D eigenvalue weighted by Crippen LogP contribution is 2.40. The Labute approximate surface area is 191 Å². The van der Waals surface area contributed by atoms with Gasteiger partial charge in [-0.2, -0.15) is 9.61 Å². The lowest BCUT2D eigenvalue weighted by Gasteiger charge is -2.13. The number of sulfone groups is 1. The number of nitrogens with one attached hydrogen (secondary N) is 1. The number of rotatable bonds is 4. The summed E-state index contributed by atoms with van der Waals surface area (Å²) in [4.78, 5) is 13.0. The molecule has 1 N–H and O–H groups in total. The van der Waals surface area contributed by atoms with E-state index in [1.54, 1.807) is 0 Å². The number of aromatic amines is 1. The fourth-order valence-electron chi connectivity index (χ4n) is 4.96. The summed E-state index contributed by atoms with van der Waals surface area (Å²) in [6.45, 7) is 0. The average molecular weight is 458 g/mol. The molecule has 4 aromatic heterocycles. The molecule has 1 aromatic carbocycles. The predicted octanol–water partition coefficient (Wildman–Crippen LogP) is 4.62. The lowest BCUT2D eigenvalue weighted by Crippen LogP contribution is -2.16. The Hall–Kier alpha value is -3.52. The van der Waals surface area contributed by atoms with Gasteiger partial charge in [-0.15, -0.1) is 0 Å². The van der Waals surface area contributed by atoms with Gasteiger partial charge in [0.25, 0.3) is 0 Å². The third-order valence-electron chi connectivity index (χ3n) is 6.70. The van der Waals surface area contributed by atoms with Crippen LogP contribution in [-0.4, -0.2) is 44.5 Å². The number of fused-ring (bicyclic) bond motifs is 3. The normalized spacial score (nSPS) is 18.9. The second-order valence-electron chi connectivity index (χ2n) is 8.79. The van der Waals surface area contributed by atoms with E-state index >= 15 is 0 Å². The maximum atomic E-state index is 12.1. The van der Waals surface area contributed by atoms with Gasteiger partial charge in [0.15, 0.2) is 5.65 Å². The Kier molecular flexibility index (Phi) is 4.58. The lowest BCUT2D eigenvalue weighted by atomic mass is 10.0. The Bertz CT molecular complexity index is 1570. The number of benzene rings is 1. The summed E-state index contributed by atoms with van der Waals surface area (Å²) in [5.74, 6) is 0.106. The number of nitrogens with zero attached hydrogens (tertiary/aromatic N) is 4. The third-order valence-corrected chi connectivity index (χ3v) is 8.34. The standard InChI is InChI=1S/C25H23N5O2S/c1-33(31,32)19-9-7-17(13-19)23-20-11-12-26-24(20)30-25(29-23)21(15-28-30)18-8-10-22(27-14-18)16-5-3-2-4-6-16/h2-6,8,10-12,14-15,17,19,26H,7,9,13H2,1H3. The quantitative estimate of drug-likeness (QED) is 0.425. The number of pyridine rings is 1. The van der Waals surface area contributed by atoms with Gasteiger partial charge >= 0.3 is 0 Å². The van der Waals surface area contributed by atoms with Crippen LogP contribution in [-0.2, 0) is 9.84 Å². The van der Waals surface area contributed by atoms with Crippen LogP contribution in [0.3, 0.4) is 0 Å². The first kappa shape index (κ1) is 20.1. The zero-order valence-corrected chi connectivity index (χ0v) is 19.0. The van der Waals surface area contributed by atoms with Crippen molar-refractivity contribution in [1.29, 1.82) is 0 Å². The molecule has 1 fully saturated rings. The monoisotopic (exact) mass is 457 g/mol. The van der Waals surface area contributed by atoms with Crippen molar-refractivity contribution in [3.05, 3.63) is 72.8 Å². The Balaban J connectivity index is 1.44. The molecule has 1 aliphatic rings. The average Bonchev–Trinajstić information content (AvgIpc) is 3.58. The van der Waals surface area contributed by atoms with Crippen molar-refractivity contribution >= 4 is 26.5 Å². The van der Waals surface area contributed by atoms with Gasteiger partial charge in [-0.05, 0) is 31.4 Å². The fourth-order valence-corrected chi connectivity index (χ4v) is 6.10. The molecule has 0 radical (unpaired) electrons. The predicted molar refractivity (Wildman–Crippen MR) is 129 cm³/mol. The SMILES string of the molecule is CS(=O)(=O)C1CCC(c2nc3c(-c4ccc(-c5ccccc5)nc4)cnn3c3[nH]ccc23)C1. The molecule has 0 aliphatic heterocycles. The summed E-state index contributed by atoms with van der Waals surface area (Å²) in [5.41, 5.74) is 6.38. The lowest BCUT2D eigenvalue weighted by molar-refractivity contribution is 0.584. The maximum Gasteiger partial charge on any atom is 0.165 e. The van der Waals surface area contributed by atoms with Crippen molar-refractivity contribution in [3.8, 4) is 22.4 Å². The molecule has 7 nitrogen and oxygen atoms in total. The molecule has 0 amide bonds. The van der Waals surface area contributed by atoms with Crippen molar-refractivity contribution in [3.63, 3.8) is 0 Å². The Morgan fingerprint density at radius 2 is 1.85 bits per heavy atom. The van der Waals surface area contributed by atoms with Crippen LogP contribution in [0.4, 0.5) is 0 Å². The molecule has 2 atom stereocenters. The fraction of sp³-hybridized carbons (Fsp3) is 0.240. The summed E-state index contributed by atoms with van der Waals surface area (Å²) >= 11 is 0. The van der Waals surface area contributed by atoms with Gasteiger partial charge in [0.2, 0.25) is 0 Å². The van der Waals surface area contributed by atoms with Crippen LogP contribution in [0, 0.1) is 0 Å². The van der Waals surface area contributed by atoms with E-state index < -0.39 is 9.84 Å². The number of H-pyrrole nitrogens is 1. The van der Waals surface area contributed by atoms with Gasteiger partial charge < -0.3 is 4.98 Å². The second-order valence-corrected chi connectivity index (χ2v) is 11.1. The molecule has 0 saturated heterocycles. The third kappa shape index (κ3) is 3.41. The van der Waals surface area contributed by atoms with Crippen molar-refractivity contribution in [2.45, 2.75) is 30.4 Å². The van der Waals surface area contributed by atoms with Crippen LogP contribution < -0.4 is 0 Å². The Morgan fingerprint density at radius 3 is 2.58 bits per heavy atom. The van der Waals surface area contributed by atoms with Gasteiger partial charge in [-0.3, -0.25) is 4.98 Å². The maximum absolute atomic E-state index is 12.1. The number of hydrogen-bond donors (Lipinski definition) is 1. The van der Waals surface area contributed by atoms with Crippen LogP contribution >= 0.6 is 0 Å². The zero-order valence-electron chi connectivity index (χ0n) is 18.1. The van der Waals surface area contributed by atoms with Crippen LogP contribution in [0.5, 0.6) is 0 Å². The summed E-state index contributed by atoms with van der Waals surface area (Å²) in [7, 11) is -3.05. The second kappa shape index (κ2) is 7.52. The van der Waals surface area contributed by atoms with E-state index in [4.69, 9.17) is 4.98 Å². The molecule has 2 unspecified atom stereocenters. The van der Waals surface area contributed by atoms with E-state index in [0.29, 0.717) is 12.8 Å². The molecule has 0 bridgehead atoms. The molecular formula is C25H23N5O2S. The highest BCUT2D eigenvalue weighted by Gasteiger charge is 2.34. The molecular weight excluding hydrogens is 434 g/mol. The van der Waals surface area contributed by atoms with Gasteiger partial charge in [0.1, 0.15) is 15.5 Å². The highest BCUT2D eigenvalue weighted by atomic mass is 32.2. The molecule has 4 heterocycles. The van der Waals surface area contributed by atoms with Crippen molar-refractivity contribution < 1.29 is 8.42 Å². The zero-order chi connectivity index (χ0) is 22.6. The molecule has 0 spiro atoms. The molecule has 8 heteroatoms. The minimum absolute atomic E-state index is 0.106. The van der Waals surface area contributed by atoms with Crippen LogP contribution in [0.1, 0.15) is 30.9 Å². The van der Waals surface area contributed by atoms with Crippen LogP contribution in [0.25, 0.3) is 39.1 Å². The van der Waals surface area contributed by atoms with E-state index in [0.717, 1.165) is 51.2 Å². The number of hydrogen-bond acceptors (Lipinski definition) is 5.